The zero-order valence-corrected chi connectivity index (χ0v) is 17.4. The Kier molecular flexibility index (Phi) is 6.08. The molecule has 0 N–H and O–H groups in total. The zero-order chi connectivity index (χ0) is 21.8. The van der Waals surface area contributed by atoms with E-state index in [1.54, 1.807) is 41.2 Å². The molecule has 1 aromatic heterocycles. The van der Waals surface area contributed by atoms with Crippen LogP contribution in [0.5, 0.6) is 0 Å². The quantitative estimate of drug-likeness (QED) is 0.268. The van der Waals surface area contributed by atoms with Crippen LogP contribution < -0.4 is 4.57 Å². The number of nitrogens with zero attached hydrogens (tertiary/aromatic N) is 3. The molecule has 2 unspecified atom stereocenters. The van der Waals surface area contributed by atoms with Crippen molar-refractivity contribution in [1.29, 1.82) is 0 Å². The average molecular weight is 430 g/mol. The summed E-state index contributed by atoms with van der Waals surface area (Å²) in [5, 5.41) is 10.5. The Labute approximate surface area is 185 Å². The van der Waals surface area contributed by atoms with E-state index < -0.39 is 17.9 Å². The van der Waals surface area contributed by atoms with Crippen LogP contribution in [0.25, 0.3) is 5.41 Å². The van der Waals surface area contributed by atoms with Gasteiger partial charge in [0, 0.05) is 23.7 Å². The van der Waals surface area contributed by atoms with Crippen molar-refractivity contribution in [3.63, 3.8) is 0 Å². The van der Waals surface area contributed by atoms with Gasteiger partial charge in [0.2, 0.25) is 6.04 Å². The number of amides is 2. The Morgan fingerprint density at radius 3 is 2.23 bits per heavy atom. The van der Waals surface area contributed by atoms with Crippen molar-refractivity contribution < 1.29 is 14.2 Å². The number of benzene rings is 2. The second-order valence-corrected chi connectivity index (χ2v) is 7.79. The van der Waals surface area contributed by atoms with Crippen LogP contribution in [-0.2, 0) is 16.0 Å². The Morgan fingerprint density at radius 2 is 1.58 bits per heavy atom. The van der Waals surface area contributed by atoms with Gasteiger partial charge in [0.25, 0.3) is 11.8 Å². The number of hydrogen-bond donors (Lipinski definition) is 0. The normalized spacial score (nSPS) is 18.7. The van der Waals surface area contributed by atoms with Crippen molar-refractivity contribution in [2.45, 2.75) is 18.4 Å². The van der Waals surface area contributed by atoms with E-state index in [0.717, 1.165) is 5.56 Å². The average Bonchev–Trinajstić information content (AvgIpc) is 2.80. The molecule has 0 saturated carbocycles. The summed E-state index contributed by atoms with van der Waals surface area (Å²) in [4.78, 5) is 28.0. The Bertz CT molecular complexity index is 1140. The van der Waals surface area contributed by atoms with Crippen molar-refractivity contribution in [3.05, 3.63) is 112 Å². The number of halogens is 1. The van der Waals surface area contributed by atoms with Gasteiger partial charge in [0.05, 0.1) is 11.5 Å². The first-order valence-electron chi connectivity index (χ1n) is 9.98. The summed E-state index contributed by atoms with van der Waals surface area (Å²) in [7, 11) is 0. The monoisotopic (exact) mass is 429 g/mol. The molecule has 1 aliphatic rings. The van der Waals surface area contributed by atoms with Gasteiger partial charge in [-0.05, 0) is 29.7 Å². The molecule has 6 heteroatoms. The van der Waals surface area contributed by atoms with E-state index in [4.69, 9.17) is 11.6 Å². The van der Waals surface area contributed by atoms with Crippen molar-refractivity contribution in [2.24, 2.45) is 0 Å². The lowest BCUT2D eigenvalue weighted by Crippen LogP contribution is -2.58. The third-order valence-electron chi connectivity index (χ3n) is 5.50. The highest BCUT2D eigenvalue weighted by molar-refractivity contribution is 6.30. The number of piperidine rings is 1. The molecule has 0 spiro atoms. The van der Waals surface area contributed by atoms with Gasteiger partial charge in [0.15, 0.2) is 12.4 Å². The smallest absolute Gasteiger partial charge is 0.299 e. The van der Waals surface area contributed by atoms with E-state index in [9.17, 15) is 15.0 Å². The van der Waals surface area contributed by atoms with Gasteiger partial charge in [-0.15, -0.1) is 0 Å². The van der Waals surface area contributed by atoms with Gasteiger partial charge in [-0.1, -0.05) is 60.1 Å². The minimum atomic E-state index is -0.745. The lowest BCUT2D eigenvalue weighted by Gasteiger charge is -2.35. The molecule has 2 aromatic carbocycles. The molecule has 1 saturated heterocycles. The third-order valence-corrected chi connectivity index (χ3v) is 5.75. The molecule has 0 bridgehead atoms. The number of rotatable bonds is 5. The fraction of sp³-hybridized carbons (Fsp3) is 0.160. The summed E-state index contributed by atoms with van der Waals surface area (Å²) < 4.78 is 1.76. The van der Waals surface area contributed by atoms with Crippen LogP contribution >= 0.6 is 11.6 Å². The SMILES string of the molecule is [N-]=C=C1C(=O)N(CCc2ccccc2)C(=O)C([n+]2ccccc2)C1c1ccc(Cl)cc1. The molecule has 0 radical (unpaired) electrons. The van der Waals surface area contributed by atoms with Crippen LogP contribution in [0.15, 0.2) is 90.8 Å². The number of likely N-dealkylation sites (tertiary alicyclic amines) is 1. The highest BCUT2D eigenvalue weighted by atomic mass is 35.5. The van der Waals surface area contributed by atoms with Crippen LogP contribution in [0.3, 0.4) is 0 Å². The van der Waals surface area contributed by atoms with Gasteiger partial charge in [-0.2, -0.15) is 4.57 Å². The number of hydrogen-bond acceptors (Lipinski definition) is 2. The summed E-state index contributed by atoms with van der Waals surface area (Å²) in [6.07, 6.45) is 4.09. The van der Waals surface area contributed by atoms with Crippen molar-refractivity contribution in [1.82, 2.24) is 4.90 Å². The number of aromatic nitrogens is 1. The molecule has 5 nitrogen and oxygen atoms in total. The van der Waals surface area contributed by atoms with Crippen LogP contribution in [0.2, 0.25) is 5.02 Å². The topological polar surface area (TPSA) is 63.6 Å². The third kappa shape index (κ3) is 4.19. The predicted molar refractivity (Wildman–Crippen MR) is 119 cm³/mol. The van der Waals surface area contributed by atoms with Crippen LogP contribution in [-0.4, -0.2) is 29.1 Å². The van der Waals surface area contributed by atoms with Crippen LogP contribution in [0.1, 0.15) is 23.1 Å². The molecule has 1 aliphatic heterocycles. The van der Waals surface area contributed by atoms with E-state index in [-0.39, 0.29) is 18.0 Å². The van der Waals surface area contributed by atoms with E-state index in [0.29, 0.717) is 17.0 Å². The Hall–Kier alpha value is -3.53. The molecule has 154 valence electrons. The largest absolute Gasteiger partial charge is 0.763 e. The van der Waals surface area contributed by atoms with Gasteiger partial charge >= 0.3 is 0 Å². The number of carbonyl (C=O) groups excluding carboxylic acids is 2. The van der Waals surface area contributed by atoms with Crippen molar-refractivity contribution >= 4 is 29.3 Å². The molecule has 2 heterocycles. The van der Waals surface area contributed by atoms with Gasteiger partial charge in [-0.3, -0.25) is 20.4 Å². The first kappa shape index (κ1) is 20.7. The van der Waals surface area contributed by atoms with Crippen LogP contribution in [0.4, 0.5) is 0 Å². The van der Waals surface area contributed by atoms with Crippen molar-refractivity contribution in [2.75, 3.05) is 6.54 Å². The lowest BCUT2D eigenvalue weighted by atomic mass is 9.80. The van der Waals surface area contributed by atoms with Gasteiger partial charge in [-0.25, -0.2) is 0 Å². The maximum absolute atomic E-state index is 13.6. The molecule has 1 fully saturated rings. The summed E-state index contributed by atoms with van der Waals surface area (Å²) in [5.74, 6) is 0.546. The molecule has 4 rings (SSSR count). The maximum Gasteiger partial charge on any atom is 0.299 e. The van der Waals surface area contributed by atoms with Crippen LogP contribution in [0, 0.1) is 0 Å². The molecule has 2 atom stereocenters. The number of pyridine rings is 1. The van der Waals surface area contributed by atoms with E-state index in [1.165, 1.54) is 4.90 Å². The fourth-order valence-electron chi connectivity index (χ4n) is 3.97. The first-order valence-corrected chi connectivity index (χ1v) is 10.4. The summed E-state index contributed by atoms with van der Waals surface area (Å²) in [6.45, 7) is 0.212. The Morgan fingerprint density at radius 1 is 0.935 bits per heavy atom. The van der Waals surface area contributed by atoms with Gasteiger partial charge in [0.1, 0.15) is 0 Å². The molecule has 31 heavy (non-hydrogen) atoms. The van der Waals surface area contributed by atoms with E-state index >= 15 is 0 Å². The molecule has 0 aliphatic carbocycles. The molecule has 3 aromatic rings. The summed E-state index contributed by atoms with van der Waals surface area (Å²) >= 11 is 6.04. The minimum absolute atomic E-state index is 0.0522. The van der Waals surface area contributed by atoms with E-state index in [1.807, 2.05) is 48.5 Å². The fourth-order valence-corrected chi connectivity index (χ4v) is 4.10. The highest BCUT2D eigenvalue weighted by Crippen LogP contribution is 2.38. The molecule has 2 amide bonds. The number of carbonyl (C=O) groups is 2. The maximum atomic E-state index is 13.6. The predicted octanol–water partition coefficient (Wildman–Crippen LogP) is 3.73. The first-order chi connectivity index (χ1) is 15.1. The molecular weight excluding hydrogens is 410 g/mol. The second-order valence-electron chi connectivity index (χ2n) is 7.35. The molecular formula is C25H20ClN3O2. The Balaban J connectivity index is 1.76. The highest BCUT2D eigenvalue weighted by Gasteiger charge is 2.50. The standard InChI is InChI=1S/C25H20ClN3O2/c26-20-11-9-19(10-12-20)22-21(17-27)24(30)29(16-13-18-7-3-1-4-8-18)25(31)23(22)28-14-5-2-6-15-28/h1-12,14-15,22-23H,13,16H2. The second kappa shape index (κ2) is 9.09. The zero-order valence-electron chi connectivity index (χ0n) is 16.7. The summed E-state index contributed by atoms with van der Waals surface area (Å²) in [6, 6.07) is 21.4. The number of imide groups is 1. The van der Waals surface area contributed by atoms with Crippen molar-refractivity contribution in [3.8, 4) is 0 Å². The summed E-state index contributed by atoms with van der Waals surface area (Å²) in [5.41, 5.74) is 1.77. The van der Waals surface area contributed by atoms with Gasteiger partial charge < -0.3 is 5.41 Å². The van der Waals surface area contributed by atoms with E-state index in [2.05, 4.69) is 5.87 Å². The minimum Gasteiger partial charge on any atom is -0.763 e. The lowest BCUT2D eigenvalue weighted by molar-refractivity contribution is -0.712.